The highest BCUT2D eigenvalue weighted by molar-refractivity contribution is 14.0. The summed E-state index contributed by atoms with van der Waals surface area (Å²) in [5.74, 6) is -1.28. The number of hydrogen-bond donors (Lipinski definition) is 3. The number of aliphatic hydroxyl groups excluding tert-OH is 1. The van der Waals surface area contributed by atoms with Crippen LogP contribution in [0.2, 0.25) is 0 Å². The second-order valence-corrected chi connectivity index (χ2v) is 5.35. The molecule has 0 bridgehead atoms. The SMILES string of the molecule is CCNC(=NCc1cc(F)ccc1F)NCC(O)c1ccccc1F.I. The van der Waals surface area contributed by atoms with Crippen LogP contribution in [0, 0.1) is 17.5 Å². The van der Waals surface area contributed by atoms with E-state index in [1.165, 1.54) is 18.2 Å². The maximum Gasteiger partial charge on any atom is 0.191 e. The minimum Gasteiger partial charge on any atom is -0.386 e. The third kappa shape index (κ3) is 6.49. The molecule has 0 amide bonds. The van der Waals surface area contributed by atoms with E-state index in [0.717, 1.165) is 18.2 Å². The number of nitrogens with one attached hydrogen (secondary N) is 2. The number of halogens is 4. The largest absolute Gasteiger partial charge is 0.386 e. The number of aliphatic imine (C=N–C) groups is 1. The fourth-order valence-corrected chi connectivity index (χ4v) is 2.22. The number of benzene rings is 2. The lowest BCUT2D eigenvalue weighted by atomic mass is 10.1. The molecule has 0 aliphatic carbocycles. The molecule has 0 aliphatic rings. The summed E-state index contributed by atoms with van der Waals surface area (Å²) in [6.45, 7) is 2.31. The zero-order chi connectivity index (χ0) is 18.2. The van der Waals surface area contributed by atoms with E-state index >= 15 is 0 Å². The number of aliphatic hydroxyl groups is 1. The molecule has 1 atom stereocenters. The topological polar surface area (TPSA) is 56.7 Å². The summed E-state index contributed by atoms with van der Waals surface area (Å²) in [4.78, 5) is 4.16. The van der Waals surface area contributed by atoms with Crippen molar-refractivity contribution < 1.29 is 18.3 Å². The van der Waals surface area contributed by atoms with Crippen molar-refractivity contribution in [2.24, 2.45) is 4.99 Å². The second-order valence-electron chi connectivity index (χ2n) is 5.35. The summed E-state index contributed by atoms with van der Waals surface area (Å²) >= 11 is 0. The molecule has 8 heteroatoms. The Kier molecular flexibility index (Phi) is 9.42. The van der Waals surface area contributed by atoms with E-state index < -0.39 is 23.6 Å². The van der Waals surface area contributed by atoms with Crippen LogP contribution in [0.4, 0.5) is 13.2 Å². The number of hydrogen-bond acceptors (Lipinski definition) is 2. The van der Waals surface area contributed by atoms with Crippen LogP contribution < -0.4 is 10.6 Å². The number of guanidine groups is 1. The first-order chi connectivity index (χ1) is 12.0. The minimum absolute atomic E-state index is 0. The molecule has 2 aromatic rings. The lowest BCUT2D eigenvalue weighted by molar-refractivity contribution is 0.176. The van der Waals surface area contributed by atoms with Gasteiger partial charge in [0.05, 0.1) is 12.6 Å². The molecule has 26 heavy (non-hydrogen) atoms. The van der Waals surface area contributed by atoms with E-state index in [9.17, 15) is 18.3 Å². The Labute approximate surface area is 167 Å². The van der Waals surface area contributed by atoms with Crippen molar-refractivity contribution in [3.8, 4) is 0 Å². The van der Waals surface area contributed by atoms with Gasteiger partial charge in [-0.3, -0.25) is 0 Å². The lowest BCUT2D eigenvalue weighted by Gasteiger charge is -2.16. The molecule has 2 rings (SSSR count). The summed E-state index contributed by atoms with van der Waals surface area (Å²) in [5, 5.41) is 15.9. The highest BCUT2D eigenvalue weighted by Crippen LogP contribution is 2.15. The fourth-order valence-electron chi connectivity index (χ4n) is 2.22. The summed E-state index contributed by atoms with van der Waals surface area (Å²) in [7, 11) is 0. The monoisotopic (exact) mass is 479 g/mol. The van der Waals surface area contributed by atoms with E-state index in [0.29, 0.717) is 12.5 Å². The number of rotatable bonds is 6. The van der Waals surface area contributed by atoms with Gasteiger partial charge in [0, 0.05) is 24.2 Å². The van der Waals surface area contributed by atoms with Crippen LogP contribution in [0.1, 0.15) is 24.2 Å². The Morgan fingerprint density at radius 2 is 1.81 bits per heavy atom. The smallest absolute Gasteiger partial charge is 0.191 e. The van der Waals surface area contributed by atoms with E-state index in [1.54, 1.807) is 6.07 Å². The van der Waals surface area contributed by atoms with Crippen LogP contribution in [-0.4, -0.2) is 24.2 Å². The fraction of sp³-hybridized carbons (Fsp3) is 0.278. The third-order valence-corrected chi connectivity index (χ3v) is 3.49. The molecule has 0 spiro atoms. The normalized spacial score (nSPS) is 12.3. The van der Waals surface area contributed by atoms with Crippen molar-refractivity contribution in [1.82, 2.24) is 10.6 Å². The molecule has 4 nitrogen and oxygen atoms in total. The van der Waals surface area contributed by atoms with Crippen LogP contribution in [-0.2, 0) is 6.54 Å². The van der Waals surface area contributed by atoms with Gasteiger partial charge in [-0.25, -0.2) is 18.2 Å². The highest BCUT2D eigenvalue weighted by Gasteiger charge is 2.12. The molecule has 3 N–H and O–H groups in total. The summed E-state index contributed by atoms with van der Waals surface area (Å²) < 4.78 is 40.5. The van der Waals surface area contributed by atoms with Gasteiger partial charge in [0.25, 0.3) is 0 Å². The van der Waals surface area contributed by atoms with E-state index in [2.05, 4.69) is 15.6 Å². The highest BCUT2D eigenvalue weighted by atomic mass is 127. The maximum absolute atomic E-state index is 13.7. The Hall–Kier alpha value is -1.81. The average molecular weight is 479 g/mol. The average Bonchev–Trinajstić information content (AvgIpc) is 2.60. The van der Waals surface area contributed by atoms with Gasteiger partial charge in [0.2, 0.25) is 0 Å². The molecule has 0 fully saturated rings. The maximum atomic E-state index is 13.7. The van der Waals surface area contributed by atoms with Crippen molar-refractivity contribution in [1.29, 1.82) is 0 Å². The summed E-state index contributed by atoms with van der Waals surface area (Å²) in [5.41, 5.74) is 0.286. The summed E-state index contributed by atoms with van der Waals surface area (Å²) in [6, 6.07) is 9.10. The standard InChI is InChI=1S/C18H20F3N3O.HI/c1-2-22-18(23-10-12-9-13(19)7-8-15(12)20)24-11-17(25)14-5-3-4-6-16(14)21;/h3-9,17,25H,2,10-11H2,1H3,(H2,22,23,24);1H. The molecule has 0 aliphatic heterocycles. The molecule has 0 radical (unpaired) electrons. The Morgan fingerprint density at radius 1 is 1.08 bits per heavy atom. The van der Waals surface area contributed by atoms with Crippen molar-refractivity contribution >= 4 is 29.9 Å². The van der Waals surface area contributed by atoms with E-state index in [-0.39, 0.29) is 48.2 Å². The molecular formula is C18H21F3IN3O. The van der Waals surface area contributed by atoms with Gasteiger partial charge in [0.1, 0.15) is 17.5 Å². The Balaban J connectivity index is 0.00000338. The van der Waals surface area contributed by atoms with Gasteiger partial charge in [-0.2, -0.15) is 0 Å². The van der Waals surface area contributed by atoms with Crippen LogP contribution in [0.25, 0.3) is 0 Å². The molecule has 0 aromatic heterocycles. The quantitative estimate of drug-likeness (QED) is 0.338. The van der Waals surface area contributed by atoms with Crippen LogP contribution in [0.15, 0.2) is 47.5 Å². The first-order valence-electron chi connectivity index (χ1n) is 7.90. The van der Waals surface area contributed by atoms with Gasteiger partial charge in [0.15, 0.2) is 5.96 Å². The van der Waals surface area contributed by atoms with Crippen molar-refractivity contribution in [3.05, 3.63) is 71.0 Å². The molecule has 0 saturated heterocycles. The lowest BCUT2D eigenvalue weighted by Crippen LogP contribution is -2.39. The molecule has 0 heterocycles. The number of nitrogens with zero attached hydrogens (tertiary/aromatic N) is 1. The Bertz CT molecular complexity index is 743. The molecular weight excluding hydrogens is 458 g/mol. The van der Waals surface area contributed by atoms with Gasteiger partial charge in [-0.1, -0.05) is 18.2 Å². The zero-order valence-corrected chi connectivity index (χ0v) is 16.5. The molecule has 1 unspecified atom stereocenters. The molecule has 2 aromatic carbocycles. The van der Waals surface area contributed by atoms with Crippen molar-refractivity contribution in [2.45, 2.75) is 19.6 Å². The van der Waals surface area contributed by atoms with E-state index in [1.807, 2.05) is 6.92 Å². The zero-order valence-electron chi connectivity index (χ0n) is 14.2. The second kappa shape index (κ2) is 11.0. The first-order valence-corrected chi connectivity index (χ1v) is 7.90. The van der Waals surface area contributed by atoms with Gasteiger partial charge >= 0.3 is 0 Å². The predicted molar refractivity (Wildman–Crippen MR) is 106 cm³/mol. The third-order valence-electron chi connectivity index (χ3n) is 3.49. The Morgan fingerprint density at radius 3 is 2.50 bits per heavy atom. The van der Waals surface area contributed by atoms with Crippen molar-refractivity contribution in [2.75, 3.05) is 13.1 Å². The van der Waals surface area contributed by atoms with Crippen LogP contribution in [0.3, 0.4) is 0 Å². The van der Waals surface area contributed by atoms with Gasteiger partial charge < -0.3 is 15.7 Å². The first kappa shape index (κ1) is 22.2. The van der Waals surface area contributed by atoms with Crippen molar-refractivity contribution in [3.63, 3.8) is 0 Å². The van der Waals surface area contributed by atoms with Crippen LogP contribution in [0.5, 0.6) is 0 Å². The minimum atomic E-state index is -1.07. The van der Waals surface area contributed by atoms with Gasteiger partial charge in [-0.15, -0.1) is 24.0 Å². The predicted octanol–water partition coefficient (Wildman–Crippen LogP) is 3.51. The molecule has 0 saturated carbocycles. The van der Waals surface area contributed by atoms with Crippen LogP contribution >= 0.6 is 24.0 Å². The summed E-state index contributed by atoms with van der Waals surface area (Å²) in [6.07, 6.45) is -1.07. The van der Waals surface area contributed by atoms with E-state index in [4.69, 9.17) is 0 Å². The molecule has 142 valence electrons. The van der Waals surface area contributed by atoms with Gasteiger partial charge in [-0.05, 0) is 31.2 Å².